The Morgan fingerprint density at radius 2 is 1.41 bits per heavy atom. The van der Waals surface area contributed by atoms with Gasteiger partial charge in [0.15, 0.2) is 0 Å². The molecule has 3 nitrogen and oxygen atoms in total. The Kier molecular flexibility index (Phi) is 3.45. The summed E-state index contributed by atoms with van der Waals surface area (Å²) in [4.78, 5) is 4.20. The molecule has 2 heterocycles. The van der Waals surface area contributed by atoms with Gasteiger partial charge in [0.05, 0.1) is 11.2 Å². The smallest absolute Gasteiger partial charge is 0.399 e. The standard InChI is InChI=1S/C11H14BBr2NO2/c1-10(2)11(3,4)17-12(16-10)7-5-8(13)15-9(14)6-7/h5-6H,1-4H3. The SMILES string of the molecule is CC1(C)OB(c2cc(Br)nc(Br)c2)OC1(C)C. The third-order valence-corrected chi connectivity index (χ3v) is 4.12. The molecule has 0 aromatic carbocycles. The number of hydrogen-bond acceptors (Lipinski definition) is 3. The first-order valence-electron chi connectivity index (χ1n) is 5.40. The first-order chi connectivity index (χ1) is 7.71. The van der Waals surface area contributed by atoms with E-state index in [1.807, 2.05) is 39.8 Å². The van der Waals surface area contributed by atoms with Crippen molar-refractivity contribution in [2.24, 2.45) is 0 Å². The fourth-order valence-corrected chi connectivity index (χ4v) is 2.75. The molecule has 0 radical (unpaired) electrons. The van der Waals surface area contributed by atoms with Gasteiger partial charge in [-0.2, -0.15) is 0 Å². The van der Waals surface area contributed by atoms with Crippen molar-refractivity contribution in [2.75, 3.05) is 0 Å². The van der Waals surface area contributed by atoms with Gasteiger partial charge in [0, 0.05) is 0 Å². The zero-order chi connectivity index (χ0) is 12.8. The fourth-order valence-electron chi connectivity index (χ4n) is 1.60. The van der Waals surface area contributed by atoms with Crippen LogP contribution in [0.4, 0.5) is 0 Å². The van der Waals surface area contributed by atoms with Crippen molar-refractivity contribution in [1.29, 1.82) is 0 Å². The van der Waals surface area contributed by atoms with Crippen LogP contribution in [-0.2, 0) is 9.31 Å². The average Bonchev–Trinajstić information content (AvgIpc) is 2.34. The van der Waals surface area contributed by atoms with Gasteiger partial charge in [-0.25, -0.2) is 4.98 Å². The van der Waals surface area contributed by atoms with Gasteiger partial charge in [-0.3, -0.25) is 0 Å². The second-order valence-electron chi connectivity index (χ2n) is 5.13. The third kappa shape index (κ3) is 2.60. The number of nitrogens with zero attached hydrogens (tertiary/aromatic N) is 1. The van der Waals surface area contributed by atoms with Gasteiger partial charge in [-0.15, -0.1) is 0 Å². The lowest BCUT2D eigenvalue weighted by atomic mass is 9.80. The molecule has 1 aliphatic heterocycles. The van der Waals surface area contributed by atoms with Crippen LogP contribution >= 0.6 is 31.9 Å². The van der Waals surface area contributed by atoms with Gasteiger partial charge in [0.25, 0.3) is 0 Å². The zero-order valence-corrected chi connectivity index (χ0v) is 13.4. The van der Waals surface area contributed by atoms with Crippen molar-refractivity contribution in [1.82, 2.24) is 4.98 Å². The second kappa shape index (κ2) is 4.33. The first-order valence-corrected chi connectivity index (χ1v) is 6.98. The molecular weight excluding hydrogens is 349 g/mol. The molecular formula is C11H14BBr2NO2. The van der Waals surface area contributed by atoms with E-state index < -0.39 is 0 Å². The maximum Gasteiger partial charge on any atom is 0.495 e. The zero-order valence-electron chi connectivity index (χ0n) is 10.3. The molecule has 0 unspecified atom stereocenters. The number of rotatable bonds is 1. The van der Waals surface area contributed by atoms with E-state index in [1.165, 1.54) is 0 Å². The lowest BCUT2D eigenvalue weighted by Crippen LogP contribution is -2.41. The molecule has 0 spiro atoms. The quantitative estimate of drug-likeness (QED) is 0.568. The highest BCUT2D eigenvalue weighted by atomic mass is 79.9. The van der Waals surface area contributed by atoms with Gasteiger partial charge >= 0.3 is 7.12 Å². The van der Waals surface area contributed by atoms with Crippen LogP contribution < -0.4 is 5.46 Å². The van der Waals surface area contributed by atoms with Crippen LogP contribution in [0.25, 0.3) is 0 Å². The highest BCUT2D eigenvalue weighted by Gasteiger charge is 2.51. The Hall–Kier alpha value is 0.0949. The summed E-state index contributed by atoms with van der Waals surface area (Å²) in [5.74, 6) is 0. The Morgan fingerprint density at radius 1 is 1.00 bits per heavy atom. The first kappa shape index (κ1) is 13.5. The minimum Gasteiger partial charge on any atom is -0.399 e. The van der Waals surface area contributed by atoms with Gasteiger partial charge in [-0.05, 0) is 77.2 Å². The number of aromatic nitrogens is 1. The summed E-state index contributed by atoms with van der Waals surface area (Å²) in [6.45, 7) is 8.16. The molecule has 0 bridgehead atoms. The summed E-state index contributed by atoms with van der Waals surface area (Å²) in [5.41, 5.74) is 0.317. The Labute approximate surface area is 119 Å². The number of halogens is 2. The lowest BCUT2D eigenvalue weighted by Gasteiger charge is -2.32. The van der Waals surface area contributed by atoms with Gasteiger partial charge in [-0.1, -0.05) is 0 Å². The third-order valence-electron chi connectivity index (χ3n) is 3.31. The van der Waals surface area contributed by atoms with E-state index in [0.717, 1.165) is 14.7 Å². The summed E-state index contributed by atoms with van der Waals surface area (Å²) in [7, 11) is -0.351. The predicted molar refractivity (Wildman–Crippen MR) is 75.4 cm³/mol. The van der Waals surface area contributed by atoms with E-state index in [2.05, 4.69) is 36.8 Å². The predicted octanol–water partition coefficient (Wildman–Crippen LogP) is 2.91. The van der Waals surface area contributed by atoms with Crippen molar-refractivity contribution < 1.29 is 9.31 Å². The van der Waals surface area contributed by atoms with Gasteiger partial charge in [0.1, 0.15) is 9.21 Å². The van der Waals surface area contributed by atoms with Crippen LogP contribution in [-0.4, -0.2) is 23.3 Å². The van der Waals surface area contributed by atoms with Crippen molar-refractivity contribution in [2.45, 2.75) is 38.9 Å². The molecule has 1 aromatic heterocycles. The van der Waals surface area contributed by atoms with Crippen LogP contribution in [0.5, 0.6) is 0 Å². The van der Waals surface area contributed by atoms with E-state index in [0.29, 0.717) is 0 Å². The van der Waals surface area contributed by atoms with Crippen molar-refractivity contribution in [3.8, 4) is 0 Å². The second-order valence-corrected chi connectivity index (χ2v) is 6.76. The highest BCUT2D eigenvalue weighted by molar-refractivity contribution is 9.11. The van der Waals surface area contributed by atoms with Crippen molar-refractivity contribution in [3.05, 3.63) is 21.3 Å². The highest BCUT2D eigenvalue weighted by Crippen LogP contribution is 2.36. The van der Waals surface area contributed by atoms with E-state index in [9.17, 15) is 0 Å². The molecule has 2 rings (SSSR count). The number of pyridine rings is 1. The van der Waals surface area contributed by atoms with E-state index >= 15 is 0 Å². The summed E-state index contributed by atoms with van der Waals surface area (Å²) >= 11 is 6.73. The maximum absolute atomic E-state index is 5.97. The topological polar surface area (TPSA) is 31.4 Å². The van der Waals surface area contributed by atoms with Crippen LogP contribution in [0.3, 0.4) is 0 Å². The summed E-state index contributed by atoms with van der Waals surface area (Å²) in [6, 6.07) is 3.82. The maximum atomic E-state index is 5.97. The molecule has 1 saturated heterocycles. The Balaban J connectivity index is 2.32. The molecule has 0 N–H and O–H groups in total. The monoisotopic (exact) mass is 361 g/mol. The van der Waals surface area contributed by atoms with Crippen LogP contribution in [0, 0.1) is 0 Å². The molecule has 0 saturated carbocycles. The minimum absolute atomic E-state index is 0.320. The van der Waals surface area contributed by atoms with Gasteiger partial charge < -0.3 is 9.31 Å². The molecule has 1 fully saturated rings. The molecule has 17 heavy (non-hydrogen) atoms. The van der Waals surface area contributed by atoms with E-state index in [1.54, 1.807) is 0 Å². The molecule has 0 atom stereocenters. The van der Waals surface area contributed by atoms with Gasteiger partial charge in [0.2, 0.25) is 0 Å². The van der Waals surface area contributed by atoms with Crippen LogP contribution in [0.2, 0.25) is 0 Å². The Bertz CT molecular complexity index is 415. The molecule has 92 valence electrons. The van der Waals surface area contributed by atoms with Crippen LogP contribution in [0.15, 0.2) is 21.3 Å². The van der Waals surface area contributed by atoms with Crippen molar-refractivity contribution in [3.63, 3.8) is 0 Å². The average molecular weight is 363 g/mol. The largest absolute Gasteiger partial charge is 0.495 e. The lowest BCUT2D eigenvalue weighted by molar-refractivity contribution is 0.00578. The number of hydrogen-bond donors (Lipinski definition) is 0. The molecule has 1 aromatic rings. The summed E-state index contributed by atoms with van der Waals surface area (Å²) in [6.07, 6.45) is 0. The molecule has 0 aliphatic carbocycles. The van der Waals surface area contributed by atoms with Crippen molar-refractivity contribution >= 4 is 44.4 Å². The normalized spacial score (nSPS) is 21.9. The van der Waals surface area contributed by atoms with Crippen LogP contribution in [0.1, 0.15) is 27.7 Å². The summed E-state index contributed by atoms with van der Waals surface area (Å²) < 4.78 is 13.5. The van der Waals surface area contributed by atoms with E-state index in [-0.39, 0.29) is 18.3 Å². The van der Waals surface area contributed by atoms with E-state index in [4.69, 9.17) is 9.31 Å². The fraction of sp³-hybridized carbons (Fsp3) is 0.545. The summed E-state index contributed by atoms with van der Waals surface area (Å²) in [5, 5.41) is 0. The Morgan fingerprint density at radius 3 is 1.82 bits per heavy atom. The molecule has 0 amide bonds. The molecule has 1 aliphatic rings. The minimum atomic E-state index is -0.351. The molecule has 6 heteroatoms.